The topological polar surface area (TPSA) is 160 Å². The predicted octanol–water partition coefficient (Wildman–Crippen LogP) is 10.1. The molecule has 0 saturated carbocycles. The molecule has 2 amide bonds. The molecule has 1 fully saturated rings. The number of rotatable bonds is 10. The summed E-state index contributed by atoms with van der Waals surface area (Å²) in [5.74, 6) is 3.36. The zero-order chi connectivity index (χ0) is 47.1. The van der Waals surface area contributed by atoms with Crippen molar-refractivity contribution in [1.29, 1.82) is 0 Å². The number of hydrogen-bond acceptors (Lipinski definition) is 10. The van der Waals surface area contributed by atoms with E-state index in [-0.39, 0.29) is 23.9 Å². The summed E-state index contributed by atoms with van der Waals surface area (Å²) in [6.45, 7) is 19.9. The van der Waals surface area contributed by atoms with Crippen LogP contribution in [-0.4, -0.2) is 71.4 Å². The number of nitrogens with one attached hydrogen (secondary N) is 4. The normalized spacial score (nSPS) is 17.6. The Balaban J connectivity index is 0.000000168. The van der Waals surface area contributed by atoms with Gasteiger partial charge in [-0.25, -0.2) is 9.36 Å². The minimum atomic E-state index is -0.0171. The molecule has 67 heavy (non-hydrogen) atoms. The van der Waals surface area contributed by atoms with Gasteiger partial charge in [-0.15, -0.1) is 10.2 Å². The van der Waals surface area contributed by atoms with Gasteiger partial charge in [0.15, 0.2) is 11.6 Å². The number of carbonyl (C=O) groups excluding carboxylic acids is 2. The summed E-state index contributed by atoms with van der Waals surface area (Å²) in [4.78, 5) is 40.8. The van der Waals surface area contributed by atoms with E-state index in [4.69, 9.17) is 20.2 Å². The summed E-state index contributed by atoms with van der Waals surface area (Å²) >= 11 is 0. The summed E-state index contributed by atoms with van der Waals surface area (Å²) < 4.78 is 3.75. The van der Waals surface area contributed by atoms with E-state index < -0.39 is 0 Å². The molecule has 344 valence electrons. The van der Waals surface area contributed by atoms with Gasteiger partial charge in [-0.3, -0.25) is 14.6 Å². The van der Waals surface area contributed by atoms with E-state index in [2.05, 4.69) is 107 Å². The lowest BCUT2D eigenvalue weighted by atomic mass is 9.90. The van der Waals surface area contributed by atoms with Crippen molar-refractivity contribution < 1.29 is 9.59 Å². The maximum Gasteiger partial charge on any atom is 0.252 e. The van der Waals surface area contributed by atoms with Gasteiger partial charge in [0, 0.05) is 70.7 Å². The standard InChI is InChI=1S/C27H28N6O.C26H32N6O/c1-6-33-27(30-24-13-22-18(5)29-26(34)23(22)12-16(24)3)31-25(32-33)21-10-9-19(11-15(21)2)20-8-7-17(4)28-14-20;1-5-32-26(28-23-14-21-17(3)27-25(33)22(21)13-16(23)2)29-24(30-32)19-10-8-18(9-11-19)20-7-6-12-31(4)15-20/h7-14,18H,6H2,1-5H3,(H,29,34)(H,30,31,32);8-11,13-14,17,20H,5-7,12,15H2,1-4H3,(H,27,33)(H,28,29,30). The lowest BCUT2D eigenvalue weighted by Gasteiger charge is -2.30. The average molecular weight is 897 g/mol. The first kappa shape index (κ1) is 45.0. The van der Waals surface area contributed by atoms with Gasteiger partial charge < -0.3 is 26.2 Å². The number of nitrogens with zero attached hydrogens (tertiary/aromatic N) is 8. The van der Waals surface area contributed by atoms with Crippen molar-refractivity contribution in [2.45, 2.75) is 99.3 Å². The number of aromatic nitrogens is 7. The van der Waals surface area contributed by atoms with Crippen LogP contribution < -0.4 is 21.3 Å². The number of likely N-dealkylation sites (N-methyl/N-ethyl adjacent to an activating group) is 1. The van der Waals surface area contributed by atoms with Crippen molar-refractivity contribution in [2.75, 3.05) is 30.8 Å². The molecule has 0 aliphatic carbocycles. The van der Waals surface area contributed by atoms with Crippen molar-refractivity contribution >= 4 is 35.1 Å². The second-order valence-corrected chi connectivity index (χ2v) is 18.2. The van der Waals surface area contributed by atoms with Gasteiger partial charge >= 0.3 is 0 Å². The zero-order valence-corrected chi connectivity index (χ0v) is 40.0. The molecule has 3 atom stereocenters. The number of aryl methyl sites for hydroxylation is 6. The Hall–Kier alpha value is -7.19. The molecule has 1 saturated heterocycles. The summed E-state index contributed by atoms with van der Waals surface area (Å²) in [5, 5.41) is 22.4. The number of benzene rings is 4. The van der Waals surface area contributed by atoms with Gasteiger partial charge in [-0.2, -0.15) is 9.97 Å². The van der Waals surface area contributed by atoms with Crippen molar-refractivity contribution in [3.8, 4) is 33.9 Å². The Morgan fingerprint density at radius 3 is 1.73 bits per heavy atom. The van der Waals surface area contributed by atoms with Gasteiger partial charge in [-0.1, -0.05) is 48.5 Å². The van der Waals surface area contributed by atoms with Crippen LogP contribution in [0.3, 0.4) is 0 Å². The molecule has 4 aromatic carbocycles. The van der Waals surface area contributed by atoms with Gasteiger partial charge in [0.05, 0.1) is 12.1 Å². The van der Waals surface area contributed by atoms with Crippen molar-refractivity contribution in [2.24, 2.45) is 0 Å². The number of piperidine rings is 1. The smallest absolute Gasteiger partial charge is 0.252 e. The molecule has 3 unspecified atom stereocenters. The zero-order valence-electron chi connectivity index (χ0n) is 40.0. The Labute approximate surface area is 392 Å². The fourth-order valence-corrected chi connectivity index (χ4v) is 9.40. The molecule has 0 radical (unpaired) electrons. The number of likely N-dealkylation sites (tertiary alicyclic amines) is 1. The van der Waals surface area contributed by atoms with E-state index in [0.29, 0.717) is 36.7 Å². The molecule has 3 aliphatic heterocycles. The van der Waals surface area contributed by atoms with Crippen LogP contribution in [0.2, 0.25) is 0 Å². The first-order valence-electron chi connectivity index (χ1n) is 23.4. The van der Waals surface area contributed by atoms with Crippen LogP contribution in [0.15, 0.2) is 85.1 Å². The maximum atomic E-state index is 12.2. The number of pyridine rings is 1. The van der Waals surface area contributed by atoms with Gasteiger partial charge in [0.1, 0.15) is 0 Å². The van der Waals surface area contributed by atoms with Crippen LogP contribution in [-0.2, 0) is 13.1 Å². The largest absolute Gasteiger partial charge is 0.345 e. The first-order chi connectivity index (χ1) is 32.3. The SMILES string of the molecule is CCn1nc(-c2ccc(-c3ccc(C)nc3)cc2C)nc1Nc1cc2c(cc1C)C(=O)NC2C.CCn1nc(-c2ccc(C3CCCN(C)C3)cc2)nc1Nc1cc2c(cc1C)C(=O)NC2C. The fraction of sp³-hybridized carbons (Fsp3) is 0.340. The highest BCUT2D eigenvalue weighted by Gasteiger charge is 2.28. The van der Waals surface area contributed by atoms with Gasteiger partial charge in [-0.05, 0) is 157 Å². The Bertz CT molecular complexity index is 2990. The van der Waals surface area contributed by atoms with E-state index in [0.717, 1.165) is 90.6 Å². The molecule has 4 N–H and O–H groups in total. The van der Waals surface area contributed by atoms with Crippen LogP contribution in [0, 0.1) is 27.7 Å². The van der Waals surface area contributed by atoms with Crippen molar-refractivity contribution in [1.82, 2.24) is 50.0 Å². The molecule has 7 aromatic rings. The first-order valence-corrected chi connectivity index (χ1v) is 23.4. The highest BCUT2D eigenvalue weighted by molar-refractivity contribution is 6.00. The molecular weight excluding hydrogens is 837 g/mol. The van der Waals surface area contributed by atoms with E-state index in [1.54, 1.807) is 0 Å². The fourth-order valence-electron chi connectivity index (χ4n) is 9.40. The number of hydrogen-bond donors (Lipinski definition) is 4. The Morgan fingerprint density at radius 2 is 1.19 bits per heavy atom. The molecule has 0 spiro atoms. The minimum Gasteiger partial charge on any atom is -0.345 e. The quantitative estimate of drug-likeness (QED) is 0.104. The number of fused-ring (bicyclic) bond motifs is 2. The number of carbonyl (C=O) groups is 2. The molecule has 10 rings (SSSR count). The van der Waals surface area contributed by atoms with Gasteiger partial charge in [0.25, 0.3) is 11.8 Å². The molecular formula is C53H60N12O2. The second-order valence-electron chi connectivity index (χ2n) is 18.2. The summed E-state index contributed by atoms with van der Waals surface area (Å²) in [6.07, 6.45) is 4.41. The highest BCUT2D eigenvalue weighted by Crippen LogP contribution is 2.35. The van der Waals surface area contributed by atoms with E-state index in [9.17, 15) is 9.59 Å². The van der Waals surface area contributed by atoms with Gasteiger partial charge in [0.2, 0.25) is 11.9 Å². The van der Waals surface area contributed by atoms with Crippen LogP contribution in [0.1, 0.15) is 118 Å². The minimum absolute atomic E-state index is 0.00511. The molecule has 3 aliphatic rings. The van der Waals surface area contributed by atoms with Crippen molar-refractivity contribution in [3.05, 3.63) is 135 Å². The summed E-state index contributed by atoms with van der Waals surface area (Å²) in [5.41, 5.74) is 15.1. The monoisotopic (exact) mass is 896 g/mol. The van der Waals surface area contributed by atoms with Crippen LogP contribution in [0.25, 0.3) is 33.9 Å². The molecule has 14 heteroatoms. The van der Waals surface area contributed by atoms with Crippen molar-refractivity contribution in [3.63, 3.8) is 0 Å². The third kappa shape index (κ3) is 9.18. The Kier molecular flexibility index (Phi) is 12.5. The number of amides is 2. The van der Waals surface area contributed by atoms with Crippen LogP contribution >= 0.6 is 0 Å². The lowest BCUT2D eigenvalue weighted by Crippen LogP contribution is -2.30. The van der Waals surface area contributed by atoms with E-state index in [1.165, 1.54) is 24.9 Å². The van der Waals surface area contributed by atoms with Crippen LogP contribution in [0.5, 0.6) is 0 Å². The third-order valence-electron chi connectivity index (χ3n) is 13.3. The average Bonchev–Trinajstić information content (AvgIpc) is 4.07. The number of anilines is 4. The molecule has 0 bridgehead atoms. The lowest BCUT2D eigenvalue weighted by molar-refractivity contribution is 0.0950. The second kappa shape index (κ2) is 18.6. The van der Waals surface area contributed by atoms with E-state index in [1.807, 2.05) is 81.4 Å². The third-order valence-corrected chi connectivity index (χ3v) is 13.3. The maximum absolute atomic E-state index is 12.2. The molecule has 14 nitrogen and oxygen atoms in total. The molecule has 3 aromatic heterocycles. The highest BCUT2D eigenvalue weighted by atomic mass is 16.2. The predicted molar refractivity (Wildman–Crippen MR) is 265 cm³/mol. The summed E-state index contributed by atoms with van der Waals surface area (Å²) in [7, 11) is 2.20. The Morgan fingerprint density at radius 1 is 0.642 bits per heavy atom. The summed E-state index contributed by atoms with van der Waals surface area (Å²) in [6, 6.07) is 27.2. The van der Waals surface area contributed by atoms with E-state index >= 15 is 0 Å². The molecule has 6 heterocycles. The van der Waals surface area contributed by atoms with Crippen LogP contribution in [0.4, 0.5) is 23.3 Å².